The van der Waals surface area contributed by atoms with Gasteiger partial charge < -0.3 is 5.32 Å². The van der Waals surface area contributed by atoms with E-state index in [2.05, 4.69) is 5.32 Å². The predicted octanol–water partition coefficient (Wildman–Crippen LogP) is 5.88. The quantitative estimate of drug-likeness (QED) is 0.495. The summed E-state index contributed by atoms with van der Waals surface area (Å²) in [6, 6.07) is 16.6. The van der Waals surface area contributed by atoms with Gasteiger partial charge in [-0.2, -0.15) is 13.2 Å². The number of amides is 2. The van der Waals surface area contributed by atoms with Gasteiger partial charge in [-0.15, -0.1) is 11.8 Å². The molecule has 9 heteroatoms. The normalized spacial score (nSPS) is 16.3. The molecular formula is C23H16F4N2O2S. The van der Waals surface area contributed by atoms with Gasteiger partial charge in [0.15, 0.2) is 0 Å². The lowest BCUT2D eigenvalue weighted by Gasteiger charge is -2.25. The second kappa shape index (κ2) is 8.66. The molecule has 1 aliphatic heterocycles. The number of hydrogen-bond acceptors (Lipinski definition) is 3. The highest BCUT2D eigenvalue weighted by atomic mass is 32.2. The number of anilines is 2. The zero-order chi connectivity index (χ0) is 22.9. The molecule has 0 radical (unpaired) electrons. The van der Waals surface area contributed by atoms with Crippen molar-refractivity contribution >= 4 is 35.0 Å². The summed E-state index contributed by atoms with van der Waals surface area (Å²) in [6.07, 6.45) is -4.45. The minimum absolute atomic E-state index is 0.180. The fourth-order valence-corrected chi connectivity index (χ4v) is 4.50. The topological polar surface area (TPSA) is 49.4 Å². The summed E-state index contributed by atoms with van der Waals surface area (Å²) < 4.78 is 51.8. The van der Waals surface area contributed by atoms with Gasteiger partial charge >= 0.3 is 6.18 Å². The highest BCUT2D eigenvalue weighted by Crippen LogP contribution is 2.42. The average molecular weight is 460 g/mol. The van der Waals surface area contributed by atoms with Crippen LogP contribution in [0.2, 0.25) is 0 Å². The van der Waals surface area contributed by atoms with Crippen molar-refractivity contribution in [2.24, 2.45) is 0 Å². The number of benzene rings is 3. The molecule has 1 saturated heterocycles. The number of halogens is 4. The van der Waals surface area contributed by atoms with Gasteiger partial charge in [-0.3, -0.25) is 14.5 Å². The molecule has 1 atom stereocenters. The molecule has 0 unspecified atom stereocenters. The van der Waals surface area contributed by atoms with Crippen LogP contribution < -0.4 is 10.2 Å². The molecule has 1 N–H and O–H groups in total. The zero-order valence-electron chi connectivity index (χ0n) is 16.4. The van der Waals surface area contributed by atoms with Crippen molar-refractivity contribution in [1.29, 1.82) is 0 Å². The molecule has 4 rings (SSSR count). The third-order valence-corrected chi connectivity index (χ3v) is 6.09. The Morgan fingerprint density at radius 2 is 1.69 bits per heavy atom. The van der Waals surface area contributed by atoms with Crippen molar-refractivity contribution < 1.29 is 27.2 Å². The second-order valence-corrected chi connectivity index (χ2v) is 8.13. The highest BCUT2D eigenvalue weighted by Gasteiger charge is 2.35. The van der Waals surface area contributed by atoms with Crippen LogP contribution in [0, 0.1) is 5.82 Å². The van der Waals surface area contributed by atoms with Crippen LogP contribution in [0.3, 0.4) is 0 Å². The smallest absolute Gasteiger partial charge is 0.322 e. The zero-order valence-corrected chi connectivity index (χ0v) is 17.2. The number of carbonyl (C=O) groups is 2. The summed E-state index contributed by atoms with van der Waals surface area (Å²) in [5.41, 5.74) is 1.01. The van der Waals surface area contributed by atoms with Gasteiger partial charge in [0.2, 0.25) is 5.91 Å². The van der Waals surface area contributed by atoms with Crippen LogP contribution in [0.15, 0.2) is 72.8 Å². The first-order valence-corrected chi connectivity index (χ1v) is 10.5. The maximum absolute atomic E-state index is 13.3. The van der Waals surface area contributed by atoms with Crippen LogP contribution >= 0.6 is 11.8 Å². The van der Waals surface area contributed by atoms with Gasteiger partial charge in [0, 0.05) is 16.9 Å². The SMILES string of the molecule is O=C(Nc1ccc([C@H]2SCC(=O)N2c2ccc(C(F)(F)F)cc2)cc1)c1cccc(F)c1. The molecule has 1 fully saturated rings. The maximum Gasteiger partial charge on any atom is 0.416 e. The van der Waals surface area contributed by atoms with Crippen molar-refractivity contribution in [3.8, 4) is 0 Å². The monoisotopic (exact) mass is 460 g/mol. The van der Waals surface area contributed by atoms with E-state index in [0.29, 0.717) is 11.4 Å². The fourth-order valence-electron chi connectivity index (χ4n) is 3.32. The fraction of sp³-hybridized carbons (Fsp3) is 0.130. The minimum Gasteiger partial charge on any atom is -0.322 e. The lowest BCUT2D eigenvalue weighted by molar-refractivity contribution is -0.137. The van der Waals surface area contributed by atoms with Gasteiger partial charge in [0.05, 0.1) is 11.3 Å². The Kier molecular flexibility index (Phi) is 5.92. The first-order chi connectivity index (χ1) is 15.2. The largest absolute Gasteiger partial charge is 0.416 e. The Morgan fingerprint density at radius 3 is 2.31 bits per heavy atom. The van der Waals surface area contributed by atoms with Gasteiger partial charge in [-0.1, -0.05) is 18.2 Å². The number of carbonyl (C=O) groups excluding carboxylic acids is 2. The molecule has 1 aliphatic rings. The first-order valence-electron chi connectivity index (χ1n) is 9.50. The summed E-state index contributed by atoms with van der Waals surface area (Å²) in [7, 11) is 0. The first kappa shape index (κ1) is 21.9. The molecule has 3 aromatic rings. The number of nitrogens with one attached hydrogen (secondary N) is 1. The van der Waals surface area contributed by atoms with Crippen LogP contribution in [0.5, 0.6) is 0 Å². The Hall–Kier alpha value is -3.33. The molecule has 2 amide bonds. The molecule has 0 aliphatic carbocycles. The summed E-state index contributed by atoms with van der Waals surface area (Å²) >= 11 is 1.36. The second-order valence-electron chi connectivity index (χ2n) is 7.06. The number of alkyl halides is 3. The molecule has 3 aromatic carbocycles. The van der Waals surface area contributed by atoms with Crippen molar-refractivity contribution in [2.45, 2.75) is 11.6 Å². The minimum atomic E-state index is -4.45. The van der Waals surface area contributed by atoms with E-state index >= 15 is 0 Å². The van der Waals surface area contributed by atoms with E-state index in [4.69, 9.17) is 0 Å². The Morgan fingerprint density at radius 1 is 1.00 bits per heavy atom. The third kappa shape index (κ3) is 4.62. The van der Waals surface area contributed by atoms with E-state index in [1.165, 1.54) is 47.0 Å². The van der Waals surface area contributed by atoms with Crippen molar-refractivity contribution in [2.75, 3.05) is 16.0 Å². The van der Waals surface area contributed by atoms with E-state index in [1.54, 1.807) is 24.3 Å². The van der Waals surface area contributed by atoms with Crippen LogP contribution in [0.25, 0.3) is 0 Å². The summed E-state index contributed by atoms with van der Waals surface area (Å²) in [4.78, 5) is 26.2. The lowest BCUT2D eigenvalue weighted by Crippen LogP contribution is -2.27. The van der Waals surface area contributed by atoms with E-state index in [-0.39, 0.29) is 17.2 Å². The third-order valence-electron chi connectivity index (χ3n) is 4.88. The maximum atomic E-state index is 13.3. The Bertz CT molecular complexity index is 1150. The number of rotatable bonds is 4. The van der Waals surface area contributed by atoms with E-state index in [0.717, 1.165) is 23.8 Å². The summed E-state index contributed by atoms with van der Waals surface area (Å²) in [5, 5.41) is 2.27. The van der Waals surface area contributed by atoms with Crippen LogP contribution in [-0.2, 0) is 11.0 Å². The molecule has 32 heavy (non-hydrogen) atoms. The molecular weight excluding hydrogens is 444 g/mol. The van der Waals surface area contributed by atoms with Gasteiger partial charge in [-0.05, 0) is 60.2 Å². The Labute approximate surface area is 185 Å². The number of nitrogens with zero attached hydrogens (tertiary/aromatic N) is 1. The molecule has 0 bridgehead atoms. The molecule has 0 saturated carbocycles. The van der Waals surface area contributed by atoms with Crippen molar-refractivity contribution in [1.82, 2.24) is 0 Å². The Balaban J connectivity index is 1.51. The predicted molar refractivity (Wildman–Crippen MR) is 115 cm³/mol. The van der Waals surface area contributed by atoms with E-state index in [9.17, 15) is 27.2 Å². The summed E-state index contributed by atoms with van der Waals surface area (Å²) in [6.45, 7) is 0. The van der Waals surface area contributed by atoms with Gasteiger partial charge in [0.1, 0.15) is 11.2 Å². The van der Waals surface area contributed by atoms with Gasteiger partial charge in [0.25, 0.3) is 5.91 Å². The number of hydrogen-bond donors (Lipinski definition) is 1. The molecule has 1 heterocycles. The highest BCUT2D eigenvalue weighted by molar-refractivity contribution is 8.00. The lowest BCUT2D eigenvalue weighted by atomic mass is 10.1. The van der Waals surface area contributed by atoms with Crippen LogP contribution in [-0.4, -0.2) is 17.6 Å². The van der Waals surface area contributed by atoms with Crippen LogP contribution in [0.1, 0.15) is 26.9 Å². The average Bonchev–Trinajstić information content (AvgIpc) is 3.15. The van der Waals surface area contributed by atoms with E-state index in [1.807, 2.05) is 0 Å². The van der Waals surface area contributed by atoms with Crippen LogP contribution in [0.4, 0.5) is 28.9 Å². The molecule has 0 aromatic heterocycles. The molecule has 4 nitrogen and oxygen atoms in total. The molecule has 164 valence electrons. The van der Waals surface area contributed by atoms with E-state index < -0.39 is 28.8 Å². The van der Waals surface area contributed by atoms with Crippen molar-refractivity contribution in [3.63, 3.8) is 0 Å². The molecule has 0 spiro atoms. The van der Waals surface area contributed by atoms with Gasteiger partial charge in [-0.25, -0.2) is 4.39 Å². The number of thioether (sulfide) groups is 1. The standard InChI is InChI=1S/C23H16F4N2O2S/c24-17-3-1-2-15(12-17)21(31)28-18-8-4-14(5-9-18)22-29(20(30)13-32-22)19-10-6-16(7-11-19)23(25,26)27/h1-12,22H,13H2,(H,28,31)/t22-/m1/s1. The summed E-state index contributed by atoms with van der Waals surface area (Å²) in [5.74, 6) is -0.986. The van der Waals surface area contributed by atoms with Crippen molar-refractivity contribution in [3.05, 3.63) is 95.3 Å².